The molecule has 2 aromatic heterocycles. The van der Waals surface area contributed by atoms with Crippen LogP contribution >= 0.6 is 0 Å². The molecular weight excluding hydrogens is 322 g/mol. The molecule has 0 saturated carbocycles. The van der Waals surface area contributed by atoms with E-state index in [2.05, 4.69) is 25.3 Å². The maximum absolute atomic E-state index is 12.0. The van der Waals surface area contributed by atoms with Crippen molar-refractivity contribution < 1.29 is 14.1 Å². The Morgan fingerprint density at radius 2 is 2.12 bits per heavy atom. The van der Waals surface area contributed by atoms with E-state index in [0.717, 1.165) is 32.0 Å². The lowest BCUT2D eigenvalue weighted by molar-refractivity contribution is -0.116. The van der Waals surface area contributed by atoms with Crippen LogP contribution in [-0.4, -0.2) is 47.3 Å². The number of carbonyl (C=O) groups is 1. The summed E-state index contributed by atoms with van der Waals surface area (Å²) in [5, 5.41) is 6.68. The zero-order valence-corrected chi connectivity index (χ0v) is 14.6. The third-order valence-electron chi connectivity index (χ3n) is 3.96. The van der Waals surface area contributed by atoms with Crippen molar-refractivity contribution in [3.63, 3.8) is 0 Å². The first kappa shape index (κ1) is 17.3. The number of hydrogen-bond donors (Lipinski definition) is 1. The van der Waals surface area contributed by atoms with Gasteiger partial charge in [-0.05, 0) is 12.1 Å². The molecule has 0 bridgehead atoms. The summed E-state index contributed by atoms with van der Waals surface area (Å²) in [4.78, 5) is 22.8. The minimum atomic E-state index is -0.129. The van der Waals surface area contributed by atoms with Gasteiger partial charge >= 0.3 is 0 Å². The average molecular weight is 345 g/mol. The highest BCUT2D eigenvalue weighted by molar-refractivity contribution is 5.89. The SMILES string of the molecule is CC(C)c1noc(CCC(=O)Nc2ccc(N3CCOCC3)cn2)n1. The molecule has 0 atom stereocenters. The number of anilines is 2. The number of ether oxygens (including phenoxy) is 1. The molecule has 8 heteroatoms. The van der Waals surface area contributed by atoms with E-state index in [1.165, 1.54) is 0 Å². The molecule has 1 saturated heterocycles. The topological polar surface area (TPSA) is 93.4 Å². The van der Waals surface area contributed by atoms with Crippen molar-refractivity contribution in [2.75, 3.05) is 36.5 Å². The fourth-order valence-electron chi connectivity index (χ4n) is 2.50. The quantitative estimate of drug-likeness (QED) is 0.855. The van der Waals surface area contributed by atoms with Crippen LogP contribution in [0.4, 0.5) is 11.5 Å². The Kier molecular flexibility index (Phi) is 5.60. The first-order chi connectivity index (χ1) is 12.1. The third kappa shape index (κ3) is 4.76. The van der Waals surface area contributed by atoms with Crippen LogP contribution in [-0.2, 0) is 16.0 Å². The van der Waals surface area contributed by atoms with Gasteiger partial charge in [-0.25, -0.2) is 4.98 Å². The fourth-order valence-corrected chi connectivity index (χ4v) is 2.50. The van der Waals surface area contributed by atoms with Gasteiger partial charge < -0.3 is 19.5 Å². The van der Waals surface area contributed by atoms with Gasteiger partial charge in [-0.2, -0.15) is 4.98 Å². The van der Waals surface area contributed by atoms with Crippen molar-refractivity contribution in [3.8, 4) is 0 Å². The van der Waals surface area contributed by atoms with Gasteiger partial charge in [0.05, 0.1) is 25.1 Å². The summed E-state index contributed by atoms with van der Waals surface area (Å²) in [6, 6.07) is 3.77. The number of nitrogens with one attached hydrogen (secondary N) is 1. The number of hydrogen-bond acceptors (Lipinski definition) is 7. The highest BCUT2D eigenvalue weighted by Gasteiger charge is 2.13. The number of nitrogens with zero attached hydrogens (tertiary/aromatic N) is 4. The van der Waals surface area contributed by atoms with E-state index < -0.39 is 0 Å². The predicted molar refractivity (Wildman–Crippen MR) is 92.6 cm³/mol. The number of morpholine rings is 1. The minimum absolute atomic E-state index is 0.129. The Morgan fingerprint density at radius 3 is 2.76 bits per heavy atom. The van der Waals surface area contributed by atoms with Gasteiger partial charge in [-0.15, -0.1) is 0 Å². The number of amides is 1. The summed E-state index contributed by atoms with van der Waals surface area (Å²) in [5.74, 6) is 1.76. The molecule has 2 aromatic rings. The van der Waals surface area contributed by atoms with Crippen LogP contribution in [0.2, 0.25) is 0 Å². The van der Waals surface area contributed by atoms with Crippen molar-refractivity contribution in [2.24, 2.45) is 0 Å². The van der Waals surface area contributed by atoms with Crippen LogP contribution in [0.1, 0.15) is 37.9 Å². The lowest BCUT2D eigenvalue weighted by Crippen LogP contribution is -2.36. The second-order valence-electron chi connectivity index (χ2n) is 6.25. The first-order valence-corrected chi connectivity index (χ1v) is 8.53. The second kappa shape index (κ2) is 8.06. The zero-order chi connectivity index (χ0) is 17.6. The number of aryl methyl sites for hydroxylation is 1. The number of aromatic nitrogens is 3. The van der Waals surface area contributed by atoms with Crippen molar-refractivity contribution in [1.29, 1.82) is 0 Å². The zero-order valence-electron chi connectivity index (χ0n) is 14.6. The summed E-state index contributed by atoms with van der Waals surface area (Å²) >= 11 is 0. The molecule has 3 heterocycles. The van der Waals surface area contributed by atoms with Gasteiger partial charge in [0.1, 0.15) is 5.82 Å². The molecule has 3 rings (SSSR count). The summed E-state index contributed by atoms with van der Waals surface area (Å²) in [5.41, 5.74) is 1.04. The smallest absolute Gasteiger partial charge is 0.227 e. The molecule has 1 aliphatic heterocycles. The van der Waals surface area contributed by atoms with Gasteiger partial charge in [0.25, 0.3) is 0 Å². The van der Waals surface area contributed by atoms with Gasteiger partial charge in [0.15, 0.2) is 5.82 Å². The summed E-state index contributed by atoms with van der Waals surface area (Å²) in [6.07, 6.45) is 2.46. The molecule has 8 nitrogen and oxygen atoms in total. The predicted octanol–water partition coefficient (Wildman–Crippen LogP) is 2.00. The first-order valence-electron chi connectivity index (χ1n) is 8.53. The highest BCUT2D eigenvalue weighted by Crippen LogP contribution is 2.17. The Balaban J connectivity index is 1.48. The lowest BCUT2D eigenvalue weighted by atomic mass is 10.2. The van der Waals surface area contributed by atoms with Gasteiger partial charge in [0.2, 0.25) is 11.8 Å². The van der Waals surface area contributed by atoms with Crippen LogP contribution in [0.3, 0.4) is 0 Å². The molecule has 1 fully saturated rings. The molecule has 0 aromatic carbocycles. The summed E-state index contributed by atoms with van der Waals surface area (Å²) in [6.45, 7) is 7.16. The van der Waals surface area contributed by atoms with Crippen LogP contribution < -0.4 is 10.2 Å². The molecular formula is C17H23N5O3. The van der Waals surface area contributed by atoms with Gasteiger partial charge in [-0.1, -0.05) is 19.0 Å². The Hall–Kier alpha value is -2.48. The lowest BCUT2D eigenvalue weighted by Gasteiger charge is -2.28. The van der Waals surface area contributed by atoms with Gasteiger partial charge in [-0.3, -0.25) is 4.79 Å². The maximum Gasteiger partial charge on any atom is 0.227 e. The Morgan fingerprint density at radius 1 is 1.32 bits per heavy atom. The van der Waals surface area contributed by atoms with E-state index in [1.54, 1.807) is 6.20 Å². The number of carbonyl (C=O) groups excluding carboxylic acids is 1. The van der Waals surface area contributed by atoms with Crippen LogP contribution in [0.15, 0.2) is 22.9 Å². The minimum Gasteiger partial charge on any atom is -0.378 e. The normalized spacial score (nSPS) is 14.8. The molecule has 25 heavy (non-hydrogen) atoms. The molecule has 0 radical (unpaired) electrons. The van der Waals surface area contributed by atoms with Crippen molar-refractivity contribution >= 4 is 17.4 Å². The molecule has 1 amide bonds. The molecule has 1 aliphatic rings. The van der Waals surface area contributed by atoms with Crippen molar-refractivity contribution in [1.82, 2.24) is 15.1 Å². The standard InChI is InChI=1S/C17H23N5O3/c1-12(2)17-20-16(25-21-17)6-5-15(23)19-14-4-3-13(11-18-14)22-7-9-24-10-8-22/h3-4,11-12H,5-10H2,1-2H3,(H,18,19,23). The van der Waals surface area contributed by atoms with Crippen LogP contribution in [0, 0.1) is 0 Å². The van der Waals surface area contributed by atoms with E-state index in [1.807, 2.05) is 26.0 Å². The van der Waals surface area contributed by atoms with E-state index in [-0.39, 0.29) is 18.2 Å². The molecule has 0 aliphatic carbocycles. The summed E-state index contributed by atoms with van der Waals surface area (Å²) in [7, 11) is 0. The van der Waals surface area contributed by atoms with E-state index in [4.69, 9.17) is 9.26 Å². The van der Waals surface area contributed by atoms with E-state index in [0.29, 0.717) is 24.0 Å². The summed E-state index contributed by atoms with van der Waals surface area (Å²) < 4.78 is 10.5. The van der Waals surface area contributed by atoms with Crippen LogP contribution in [0.5, 0.6) is 0 Å². The average Bonchev–Trinajstić information content (AvgIpc) is 3.11. The van der Waals surface area contributed by atoms with E-state index >= 15 is 0 Å². The highest BCUT2D eigenvalue weighted by atomic mass is 16.5. The molecule has 0 spiro atoms. The molecule has 0 unspecified atom stereocenters. The monoisotopic (exact) mass is 345 g/mol. The Bertz CT molecular complexity index is 693. The second-order valence-corrected chi connectivity index (χ2v) is 6.25. The fraction of sp³-hybridized carbons (Fsp3) is 0.529. The number of rotatable bonds is 6. The maximum atomic E-state index is 12.0. The number of pyridine rings is 1. The van der Waals surface area contributed by atoms with Gasteiger partial charge in [0, 0.05) is 31.8 Å². The molecule has 134 valence electrons. The largest absolute Gasteiger partial charge is 0.378 e. The van der Waals surface area contributed by atoms with Crippen LogP contribution in [0.25, 0.3) is 0 Å². The molecule has 1 N–H and O–H groups in total. The van der Waals surface area contributed by atoms with Crippen molar-refractivity contribution in [3.05, 3.63) is 30.0 Å². The van der Waals surface area contributed by atoms with E-state index in [9.17, 15) is 4.79 Å². The Labute approximate surface area is 146 Å². The third-order valence-corrected chi connectivity index (χ3v) is 3.96. The van der Waals surface area contributed by atoms with Crippen molar-refractivity contribution in [2.45, 2.75) is 32.6 Å².